The van der Waals surface area contributed by atoms with E-state index in [1.54, 1.807) is 0 Å². The summed E-state index contributed by atoms with van der Waals surface area (Å²) < 4.78 is 0.373. The summed E-state index contributed by atoms with van der Waals surface area (Å²) in [5.41, 5.74) is 3.78. The van der Waals surface area contributed by atoms with Crippen LogP contribution in [0.4, 0.5) is 5.69 Å². The number of nitrogens with one attached hydrogen (secondary N) is 2. The average Bonchev–Trinajstić information content (AvgIpc) is 2.45. The van der Waals surface area contributed by atoms with Gasteiger partial charge in [-0.25, -0.2) is 0 Å². The molecular formula is C16H21N3OS. The predicted molar refractivity (Wildman–Crippen MR) is 89.8 cm³/mol. The molecule has 2 rings (SSSR count). The molecule has 2 aromatic rings. The van der Waals surface area contributed by atoms with Gasteiger partial charge < -0.3 is 9.88 Å². The molecule has 0 unspecified atom stereocenters. The Hall–Kier alpha value is -1.88. The number of aromatic nitrogens is 2. The van der Waals surface area contributed by atoms with Crippen LogP contribution in [0.2, 0.25) is 0 Å². The highest BCUT2D eigenvalue weighted by Crippen LogP contribution is 2.16. The van der Waals surface area contributed by atoms with Crippen LogP contribution in [0.1, 0.15) is 30.7 Å². The molecule has 5 heteroatoms. The third-order valence-electron chi connectivity index (χ3n) is 3.70. The van der Waals surface area contributed by atoms with E-state index in [2.05, 4.69) is 53.0 Å². The standard InChI is InChI=1S/C16H21N3OS/c1-4-19(5-2)13-8-6-12(7-9-13)10-14-11(3)17-16(21)18-15(14)20/h6-9H,4-5,10H2,1-3H3,(H2,17,18,20,21). The summed E-state index contributed by atoms with van der Waals surface area (Å²) in [4.78, 5) is 19.9. The second kappa shape index (κ2) is 6.72. The van der Waals surface area contributed by atoms with Crippen molar-refractivity contribution in [2.24, 2.45) is 0 Å². The summed E-state index contributed by atoms with van der Waals surface area (Å²) in [5.74, 6) is 0. The van der Waals surface area contributed by atoms with Crippen molar-refractivity contribution in [2.45, 2.75) is 27.2 Å². The van der Waals surface area contributed by atoms with Gasteiger partial charge in [0.2, 0.25) is 0 Å². The molecule has 0 bridgehead atoms. The smallest absolute Gasteiger partial charge is 0.255 e. The molecule has 1 aromatic heterocycles. The van der Waals surface area contributed by atoms with E-state index in [9.17, 15) is 4.79 Å². The molecule has 0 saturated heterocycles. The van der Waals surface area contributed by atoms with Crippen LogP contribution in [-0.4, -0.2) is 23.1 Å². The number of aryl methyl sites for hydroxylation is 1. The lowest BCUT2D eigenvalue weighted by atomic mass is 10.0. The maximum Gasteiger partial charge on any atom is 0.255 e. The summed E-state index contributed by atoms with van der Waals surface area (Å²) in [6.07, 6.45) is 0.603. The molecule has 0 aliphatic carbocycles. The fraction of sp³-hybridized carbons (Fsp3) is 0.375. The van der Waals surface area contributed by atoms with Crippen molar-refractivity contribution >= 4 is 17.9 Å². The van der Waals surface area contributed by atoms with Crippen LogP contribution >= 0.6 is 12.2 Å². The first-order chi connectivity index (χ1) is 10.0. The molecule has 0 fully saturated rings. The van der Waals surface area contributed by atoms with Gasteiger partial charge >= 0.3 is 0 Å². The Bertz CT molecular complexity index is 712. The lowest BCUT2D eigenvalue weighted by Crippen LogP contribution is -2.21. The highest BCUT2D eigenvalue weighted by atomic mass is 32.1. The molecule has 0 saturated carbocycles. The second-order valence-electron chi connectivity index (χ2n) is 5.03. The fourth-order valence-corrected chi connectivity index (χ4v) is 2.70. The second-order valence-corrected chi connectivity index (χ2v) is 5.44. The van der Waals surface area contributed by atoms with Gasteiger partial charge in [0.15, 0.2) is 4.77 Å². The lowest BCUT2D eigenvalue weighted by Gasteiger charge is -2.21. The molecule has 112 valence electrons. The predicted octanol–water partition coefficient (Wildman–Crippen LogP) is 3.18. The molecule has 0 radical (unpaired) electrons. The molecule has 2 N–H and O–H groups in total. The van der Waals surface area contributed by atoms with Gasteiger partial charge in [-0.3, -0.25) is 9.78 Å². The van der Waals surface area contributed by atoms with Crippen molar-refractivity contribution in [2.75, 3.05) is 18.0 Å². The average molecular weight is 303 g/mol. The minimum Gasteiger partial charge on any atom is -0.372 e. The van der Waals surface area contributed by atoms with E-state index in [1.165, 1.54) is 5.69 Å². The maximum atomic E-state index is 12.0. The number of aromatic amines is 2. The Balaban J connectivity index is 2.25. The van der Waals surface area contributed by atoms with E-state index >= 15 is 0 Å². The normalized spacial score (nSPS) is 10.6. The third kappa shape index (κ3) is 3.61. The van der Waals surface area contributed by atoms with Crippen molar-refractivity contribution in [3.05, 3.63) is 56.2 Å². The summed E-state index contributed by atoms with van der Waals surface area (Å²) in [6, 6.07) is 8.37. The molecule has 1 heterocycles. The van der Waals surface area contributed by atoms with E-state index in [4.69, 9.17) is 12.2 Å². The topological polar surface area (TPSA) is 51.9 Å². The van der Waals surface area contributed by atoms with Gasteiger partial charge in [0.25, 0.3) is 5.56 Å². The van der Waals surface area contributed by atoms with E-state index in [0.29, 0.717) is 11.2 Å². The van der Waals surface area contributed by atoms with Gasteiger partial charge in [-0.15, -0.1) is 0 Å². The number of hydrogen-bond acceptors (Lipinski definition) is 3. The summed E-state index contributed by atoms with van der Waals surface area (Å²) in [5, 5.41) is 0. The van der Waals surface area contributed by atoms with Crippen molar-refractivity contribution in [1.29, 1.82) is 0 Å². The molecule has 1 aromatic carbocycles. The van der Waals surface area contributed by atoms with E-state index in [1.807, 2.05) is 6.92 Å². The Labute approximate surface area is 129 Å². The minimum absolute atomic E-state index is 0.107. The first-order valence-corrected chi connectivity index (χ1v) is 7.62. The fourth-order valence-electron chi connectivity index (χ4n) is 2.46. The van der Waals surface area contributed by atoms with Gasteiger partial charge in [-0.1, -0.05) is 12.1 Å². The third-order valence-corrected chi connectivity index (χ3v) is 3.90. The molecular weight excluding hydrogens is 282 g/mol. The number of anilines is 1. The van der Waals surface area contributed by atoms with E-state index in [0.717, 1.165) is 29.9 Å². The summed E-state index contributed by atoms with van der Waals surface area (Å²) >= 11 is 4.97. The van der Waals surface area contributed by atoms with Gasteiger partial charge in [-0.05, 0) is 50.7 Å². The van der Waals surface area contributed by atoms with Crippen molar-refractivity contribution in [3.8, 4) is 0 Å². The zero-order valence-electron chi connectivity index (χ0n) is 12.7. The number of rotatable bonds is 5. The molecule has 0 aliphatic rings. The van der Waals surface area contributed by atoms with Crippen LogP contribution in [0.3, 0.4) is 0 Å². The van der Waals surface area contributed by atoms with E-state index in [-0.39, 0.29) is 5.56 Å². The van der Waals surface area contributed by atoms with Crippen molar-refractivity contribution < 1.29 is 0 Å². The number of benzene rings is 1. The number of nitrogens with zero attached hydrogens (tertiary/aromatic N) is 1. The Morgan fingerprint density at radius 1 is 1.10 bits per heavy atom. The van der Waals surface area contributed by atoms with Crippen LogP contribution < -0.4 is 10.5 Å². The highest BCUT2D eigenvalue weighted by molar-refractivity contribution is 7.71. The van der Waals surface area contributed by atoms with Crippen LogP contribution in [0, 0.1) is 11.7 Å². The summed E-state index contributed by atoms with van der Waals surface area (Å²) in [6.45, 7) is 8.15. The number of hydrogen-bond donors (Lipinski definition) is 2. The van der Waals surface area contributed by atoms with Gasteiger partial charge in [0.1, 0.15) is 0 Å². The van der Waals surface area contributed by atoms with Crippen molar-refractivity contribution in [1.82, 2.24) is 9.97 Å². The van der Waals surface area contributed by atoms with Crippen LogP contribution in [0.5, 0.6) is 0 Å². The SMILES string of the molecule is CCN(CC)c1ccc(Cc2c(C)[nH]c(=S)[nH]c2=O)cc1. The first kappa shape index (κ1) is 15.5. The molecule has 0 amide bonds. The van der Waals surface area contributed by atoms with Gasteiger partial charge in [0, 0.05) is 36.5 Å². The Kier molecular flexibility index (Phi) is 4.96. The van der Waals surface area contributed by atoms with Crippen molar-refractivity contribution in [3.63, 3.8) is 0 Å². The van der Waals surface area contributed by atoms with Gasteiger partial charge in [0.05, 0.1) is 0 Å². The van der Waals surface area contributed by atoms with Crippen LogP contribution in [0.15, 0.2) is 29.1 Å². The monoisotopic (exact) mass is 303 g/mol. The minimum atomic E-state index is -0.107. The number of H-pyrrole nitrogens is 2. The summed E-state index contributed by atoms with van der Waals surface area (Å²) in [7, 11) is 0. The molecule has 0 spiro atoms. The molecule has 0 atom stereocenters. The molecule has 0 aliphatic heterocycles. The largest absolute Gasteiger partial charge is 0.372 e. The lowest BCUT2D eigenvalue weighted by molar-refractivity contribution is 0.865. The Morgan fingerprint density at radius 2 is 1.71 bits per heavy atom. The molecule has 4 nitrogen and oxygen atoms in total. The van der Waals surface area contributed by atoms with Crippen LogP contribution in [-0.2, 0) is 6.42 Å². The van der Waals surface area contributed by atoms with Gasteiger partial charge in [-0.2, -0.15) is 0 Å². The molecule has 21 heavy (non-hydrogen) atoms. The highest BCUT2D eigenvalue weighted by Gasteiger charge is 2.07. The van der Waals surface area contributed by atoms with Crippen LogP contribution in [0.25, 0.3) is 0 Å². The maximum absolute atomic E-state index is 12.0. The zero-order valence-corrected chi connectivity index (χ0v) is 13.5. The quantitative estimate of drug-likeness (QED) is 0.834. The Morgan fingerprint density at radius 3 is 2.24 bits per heavy atom. The van der Waals surface area contributed by atoms with E-state index < -0.39 is 0 Å². The zero-order chi connectivity index (χ0) is 15.4. The first-order valence-electron chi connectivity index (χ1n) is 7.21.